The van der Waals surface area contributed by atoms with Gasteiger partial charge in [-0.2, -0.15) is 0 Å². The Morgan fingerprint density at radius 2 is 2.00 bits per heavy atom. The van der Waals surface area contributed by atoms with Crippen LogP contribution >= 0.6 is 0 Å². The van der Waals surface area contributed by atoms with Crippen LogP contribution in [-0.2, 0) is 9.87 Å². The maximum Gasteiger partial charge on any atom is 0.250 e. The Morgan fingerprint density at radius 3 is 2.85 bits per heavy atom. The number of para-hydroxylation sites is 1. The minimum Gasteiger partial charge on any atom is -0.295 e. The first-order valence-corrected chi connectivity index (χ1v) is 5.35. The SMILES string of the molecule is O=S1(=O)[B][B][B]c2ccccc2N1. The summed E-state index contributed by atoms with van der Waals surface area (Å²) < 4.78 is 24.9. The lowest BCUT2D eigenvalue weighted by molar-refractivity contribution is 0.614. The van der Waals surface area contributed by atoms with Crippen LogP contribution in [0.1, 0.15) is 0 Å². The van der Waals surface area contributed by atoms with E-state index in [1.54, 1.807) is 19.3 Å². The molecule has 7 heteroatoms. The smallest absolute Gasteiger partial charge is 0.250 e. The fraction of sp³-hybridized carbons (Fsp3) is 0. The van der Waals surface area contributed by atoms with E-state index in [-0.39, 0.29) is 0 Å². The standard InChI is InChI=1S/C6H5B3NO2S/c11-13(12)9-8-7-5-3-1-2-4-6(5)10-13/h1-4,10H. The van der Waals surface area contributed by atoms with E-state index in [9.17, 15) is 8.42 Å². The largest absolute Gasteiger partial charge is 0.295 e. The highest BCUT2D eigenvalue weighted by Gasteiger charge is 2.19. The summed E-state index contributed by atoms with van der Waals surface area (Å²) in [5.74, 6) is 0. The highest BCUT2D eigenvalue weighted by atomic mass is 32.2. The summed E-state index contributed by atoms with van der Waals surface area (Å²) >= 11 is 0. The Kier molecular flexibility index (Phi) is 2.11. The van der Waals surface area contributed by atoms with Crippen molar-refractivity contribution in [2.45, 2.75) is 0 Å². The molecule has 1 N–H and O–H groups in total. The maximum atomic E-state index is 11.2. The first kappa shape index (κ1) is 8.75. The predicted octanol–water partition coefficient (Wildman–Crippen LogP) is -1.08. The van der Waals surface area contributed by atoms with Gasteiger partial charge in [0.25, 0.3) is 0 Å². The van der Waals surface area contributed by atoms with Crippen molar-refractivity contribution in [3.63, 3.8) is 0 Å². The Morgan fingerprint density at radius 1 is 1.23 bits per heavy atom. The van der Waals surface area contributed by atoms with Gasteiger partial charge in [0, 0.05) is 5.69 Å². The number of anilines is 1. The van der Waals surface area contributed by atoms with Crippen LogP contribution in [-0.4, -0.2) is 29.1 Å². The molecule has 3 nitrogen and oxygen atoms in total. The van der Waals surface area contributed by atoms with Gasteiger partial charge in [-0.15, -0.1) is 0 Å². The zero-order valence-corrected chi connectivity index (χ0v) is 7.58. The molecule has 0 spiro atoms. The summed E-state index contributed by atoms with van der Waals surface area (Å²) in [7, 11) is -0.0156. The number of hydrogen-bond acceptors (Lipinski definition) is 2. The summed E-state index contributed by atoms with van der Waals surface area (Å²) in [6.07, 6.45) is 1.15. The molecule has 0 bridgehead atoms. The van der Waals surface area contributed by atoms with E-state index in [1.807, 2.05) is 12.1 Å². The van der Waals surface area contributed by atoms with Crippen molar-refractivity contribution < 1.29 is 8.42 Å². The summed E-state index contributed by atoms with van der Waals surface area (Å²) in [5, 5.41) is 0. The highest BCUT2D eigenvalue weighted by Crippen LogP contribution is 2.06. The van der Waals surface area contributed by atoms with Gasteiger partial charge in [0.15, 0.2) is 9.87 Å². The normalized spacial score (nSPS) is 17.8. The lowest BCUT2D eigenvalue weighted by Gasteiger charge is -2.06. The van der Waals surface area contributed by atoms with Crippen molar-refractivity contribution in [1.29, 1.82) is 0 Å². The van der Waals surface area contributed by atoms with Crippen LogP contribution in [0.2, 0.25) is 0 Å². The van der Waals surface area contributed by atoms with E-state index in [4.69, 9.17) is 0 Å². The quantitative estimate of drug-likeness (QED) is 0.526. The number of hydrogen-bond donors (Lipinski definition) is 1. The van der Waals surface area contributed by atoms with E-state index in [2.05, 4.69) is 4.72 Å². The molecule has 2 rings (SSSR count). The number of benzene rings is 1. The molecule has 0 atom stereocenters. The molecule has 0 amide bonds. The van der Waals surface area contributed by atoms with Gasteiger partial charge in [0.05, 0.1) is 7.06 Å². The monoisotopic (exact) mass is 188 g/mol. The minimum atomic E-state index is -3.29. The summed E-state index contributed by atoms with van der Waals surface area (Å²) in [4.78, 5) is 0. The molecule has 1 heterocycles. The van der Waals surface area contributed by atoms with Crippen molar-refractivity contribution >= 4 is 41.7 Å². The number of nitrogens with one attached hydrogen (secondary N) is 1. The number of fused-ring (bicyclic) bond motifs is 1. The maximum absolute atomic E-state index is 11.2. The van der Waals surface area contributed by atoms with Crippen LogP contribution in [0.15, 0.2) is 24.3 Å². The predicted molar refractivity (Wildman–Crippen MR) is 55.9 cm³/mol. The molecule has 0 saturated heterocycles. The van der Waals surface area contributed by atoms with Gasteiger partial charge in [-0.3, -0.25) is 4.72 Å². The van der Waals surface area contributed by atoms with Crippen molar-refractivity contribution in [3.05, 3.63) is 24.3 Å². The van der Waals surface area contributed by atoms with Crippen LogP contribution in [0.4, 0.5) is 5.69 Å². The molecule has 0 saturated carbocycles. The van der Waals surface area contributed by atoms with E-state index in [0.29, 0.717) is 5.69 Å². The second-order valence-corrected chi connectivity index (χ2v) is 4.30. The number of rotatable bonds is 0. The van der Waals surface area contributed by atoms with E-state index < -0.39 is 9.87 Å². The molecular weight excluding hydrogens is 183 g/mol. The average molecular weight is 188 g/mol. The van der Waals surface area contributed by atoms with Crippen molar-refractivity contribution in [3.8, 4) is 0 Å². The molecule has 1 aromatic rings. The molecular formula is C6H5B3NO2S. The average Bonchev–Trinajstić information content (AvgIpc) is 2.21. The van der Waals surface area contributed by atoms with Crippen molar-refractivity contribution in [2.24, 2.45) is 0 Å². The van der Waals surface area contributed by atoms with E-state index in [0.717, 1.165) is 11.9 Å². The second-order valence-electron chi connectivity index (χ2n) is 2.73. The first-order chi connectivity index (χ1) is 6.17. The summed E-state index contributed by atoms with van der Waals surface area (Å²) in [6, 6.07) is 7.24. The molecule has 1 aliphatic rings. The van der Waals surface area contributed by atoms with Crippen LogP contribution in [0, 0.1) is 0 Å². The molecule has 3 radical (unpaired) electrons. The molecule has 0 aromatic heterocycles. The van der Waals surface area contributed by atoms with Gasteiger partial charge >= 0.3 is 0 Å². The summed E-state index contributed by atoms with van der Waals surface area (Å²) in [6.45, 7) is 0. The van der Waals surface area contributed by atoms with Gasteiger partial charge in [-0.1, -0.05) is 23.7 Å². The van der Waals surface area contributed by atoms with E-state index in [1.165, 1.54) is 7.06 Å². The van der Waals surface area contributed by atoms with Crippen molar-refractivity contribution in [1.82, 2.24) is 0 Å². The highest BCUT2D eigenvalue weighted by molar-refractivity contribution is 8.22. The Labute approximate surface area is 79.6 Å². The van der Waals surface area contributed by atoms with Gasteiger partial charge in [0.2, 0.25) is 6.45 Å². The zero-order valence-electron chi connectivity index (χ0n) is 6.77. The van der Waals surface area contributed by atoms with Gasteiger partial charge < -0.3 is 0 Å². The fourth-order valence-electron chi connectivity index (χ4n) is 1.17. The second kappa shape index (κ2) is 3.14. The minimum absolute atomic E-state index is 0.618. The third-order valence-electron chi connectivity index (χ3n) is 1.75. The van der Waals surface area contributed by atoms with Crippen LogP contribution < -0.4 is 10.2 Å². The third kappa shape index (κ3) is 1.91. The Hall–Kier alpha value is -0.835. The molecule has 1 aromatic carbocycles. The topological polar surface area (TPSA) is 46.2 Å². The Bertz CT molecular complexity index is 420. The lowest BCUT2D eigenvalue weighted by atomic mass is 9.25. The molecule has 0 aliphatic carbocycles. The van der Waals surface area contributed by atoms with E-state index >= 15 is 0 Å². The van der Waals surface area contributed by atoms with Crippen LogP contribution in [0.5, 0.6) is 0 Å². The molecule has 0 unspecified atom stereocenters. The first-order valence-electron chi connectivity index (χ1n) is 3.81. The molecule has 61 valence electrons. The van der Waals surface area contributed by atoms with Gasteiger partial charge in [-0.05, 0) is 6.07 Å². The molecule has 0 fully saturated rings. The fourth-order valence-corrected chi connectivity index (χ4v) is 2.01. The Balaban J connectivity index is 2.46. The van der Waals surface area contributed by atoms with Gasteiger partial charge in [-0.25, -0.2) is 8.42 Å². The van der Waals surface area contributed by atoms with Crippen molar-refractivity contribution in [2.75, 3.05) is 4.72 Å². The zero-order chi connectivity index (χ0) is 9.31. The summed E-state index contributed by atoms with van der Waals surface area (Å²) in [5.41, 5.74) is 1.49. The third-order valence-corrected chi connectivity index (χ3v) is 2.77. The lowest BCUT2D eigenvalue weighted by Crippen LogP contribution is -2.25. The van der Waals surface area contributed by atoms with Gasteiger partial charge in [0.1, 0.15) is 7.17 Å². The molecule has 13 heavy (non-hydrogen) atoms. The van der Waals surface area contributed by atoms with Crippen LogP contribution in [0.3, 0.4) is 0 Å². The van der Waals surface area contributed by atoms with Crippen LogP contribution in [0.25, 0.3) is 0 Å². The molecule has 1 aliphatic heterocycles.